The van der Waals surface area contributed by atoms with E-state index in [1.54, 1.807) is 0 Å². The molecule has 2 amide bonds. The number of rotatable bonds is 3. The number of carbonyl (C=O) groups excluding carboxylic acids is 1. The fourth-order valence-corrected chi connectivity index (χ4v) is 4.66. The molecule has 0 bridgehead atoms. The highest BCUT2D eigenvalue weighted by molar-refractivity contribution is 5.94. The monoisotopic (exact) mass is 375 g/mol. The third-order valence-electron chi connectivity index (χ3n) is 6.64. The zero-order chi connectivity index (χ0) is 19.2. The number of nitrogens with one attached hydrogen (secondary N) is 2. The van der Waals surface area contributed by atoms with Gasteiger partial charge in [0.25, 0.3) is 0 Å². The Morgan fingerprint density at radius 3 is 2.67 bits per heavy atom. The second-order valence-electron chi connectivity index (χ2n) is 9.07. The third-order valence-corrected chi connectivity index (χ3v) is 6.64. The topological polar surface area (TPSA) is 84.5 Å². The molecule has 0 spiro atoms. The summed E-state index contributed by atoms with van der Waals surface area (Å²) in [6.07, 6.45) is 6.25. The second kappa shape index (κ2) is 6.78. The van der Waals surface area contributed by atoms with Crippen LogP contribution < -0.4 is 10.2 Å². The van der Waals surface area contributed by atoms with Crippen molar-refractivity contribution < 1.29 is 9.90 Å². The van der Waals surface area contributed by atoms with Gasteiger partial charge in [0.05, 0.1) is 11.3 Å². The van der Waals surface area contributed by atoms with Crippen molar-refractivity contribution in [2.45, 2.75) is 82.9 Å². The normalized spacial score (nSPS) is 34.2. The Morgan fingerprint density at radius 2 is 1.96 bits per heavy atom. The van der Waals surface area contributed by atoms with Crippen LogP contribution in [-0.2, 0) is 5.41 Å². The molecule has 1 aliphatic carbocycles. The molecule has 7 heteroatoms. The Hall–Kier alpha value is -1.60. The zero-order valence-electron chi connectivity index (χ0n) is 16.8. The molecule has 1 unspecified atom stereocenters. The lowest BCUT2D eigenvalue weighted by Gasteiger charge is -2.39. The van der Waals surface area contributed by atoms with Crippen LogP contribution in [0.25, 0.3) is 0 Å². The van der Waals surface area contributed by atoms with Gasteiger partial charge >= 0.3 is 6.03 Å². The summed E-state index contributed by atoms with van der Waals surface area (Å²) in [6, 6.07) is 0.0681. The van der Waals surface area contributed by atoms with Crippen LogP contribution in [0, 0.1) is 0 Å². The molecule has 150 valence electrons. The van der Waals surface area contributed by atoms with Gasteiger partial charge in [0, 0.05) is 18.5 Å². The number of urea groups is 1. The van der Waals surface area contributed by atoms with Gasteiger partial charge in [-0.2, -0.15) is 0 Å². The average Bonchev–Trinajstić information content (AvgIpc) is 2.93. The number of aliphatic hydroxyl groups is 1. The minimum absolute atomic E-state index is 0.0681. The lowest BCUT2D eigenvalue weighted by atomic mass is 9.70. The number of aromatic nitrogens is 2. The fraction of sp³-hybridized carbons (Fsp3) is 0.800. The lowest BCUT2D eigenvalue weighted by molar-refractivity contribution is 0.00176. The molecular weight excluding hydrogens is 342 g/mol. The van der Waals surface area contributed by atoms with Crippen LogP contribution in [0.15, 0.2) is 0 Å². The van der Waals surface area contributed by atoms with Crippen LogP contribution in [0.5, 0.6) is 0 Å². The molecule has 0 radical (unpaired) electrons. The third kappa shape index (κ3) is 3.25. The smallest absolute Gasteiger partial charge is 0.327 e. The van der Waals surface area contributed by atoms with Crippen molar-refractivity contribution >= 4 is 11.8 Å². The Bertz CT molecular complexity index is 703. The lowest BCUT2D eigenvalue weighted by Crippen LogP contribution is -2.53. The Kier molecular flexibility index (Phi) is 4.71. The SMILES string of the molecule is CCCN1C(=O)N2CCCCNC2c2[nH]c(C3(C)CCC(C)(O)CC3)nc21. The van der Waals surface area contributed by atoms with Gasteiger partial charge in [-0.05, 0) is 58.4 Å². The van der Waals surface area contributed by atoms with Crippen LogP contribution in [-0.4, -0.2) is 51.2 Å². The predicted molar refractivity (Wildman–Crippen MR) is 105 cm³/mol. The molecule has 2 fully saturated rings. The summed E-state index contributed by atoms with van der Waals surface area (Å²) >= 11 is 0. The number of amides is 2. The zero-order valence-corrected chi connectivity index (χ0v) is 16.8. The summed E-state index contributed by atoms with van der Waals surface area (Å²) in [5.41, 5.74) is 0.365. The first-order chi connectivity index (χ1) is 12.8. The molecular formula is C20H33N5O2. The molecule has 1 saturated heterocycles. The van der Waals surface area contributed by atoms with E-state index >= 15 is 0 Å². The van der Waals surface area contributed by atoms with Crippen molar-refractivity contribution in [1.29, 1.82) is 0 Å². The van der Waals surface area contributed by atoms with Gasteiger partial charge in [-0.1, -0.05) is 13.8 Å². The van der Waals surface area contributed by atoms with E-state index in [9.17, 15) is 9.90 Å². The molecule has 1 aromatic rings. The summed E-state index contributed by atoms with van der Waals surface area (Å²) < 4.78 is 0. The van der Waals surface area contributed by atoms with Gasteiger partial charge in [-0.15, -0.1) is 0 Å². The van der Waals surface area contributed by atoms with Crippen LogP contribution in [0.4, 0.5) is 10.6 Å². The number of fused-ring (bicyclic) bond motifs is 3. The molecule has 27 heavy (non-hydrogen) atoms. The summed E-state index contributed by atoms with van der Waals surface area (Å²) in [7, 11) is 0. The van der Waals surface area contributed by atoms with Crippen LogP contribution in [0.1, 0.15) is 83.4 Å². The van der Waals surface area contributed by atoms with Crippen LogP contribution >= 0.6 is 0 Å². The molecule has 3 N–H and O–H groups in total. The molecule has 0 aromatic carbocycles. The average molecular weight is 376 g/mol. The molecule has 7 nitrogen and oxygen atoms in total. The van der Waals surface area contributed by atoms with E-state index in [-0.39, 0.29) is 17.6 Å². The second-order valence-corrected chi connectivity index (χ2v) is 9.07. The van der Waals surface area contributed by atoms with Crippen molar-refractivity contribution in [1.82, 2.24) is 20.2 Å². The van der Waals surface area contributed by atoms with Crippen molar-refractivity contribution in [2.24, 2.45) is 0 Å². The molecule has 4 rings (SSSR count). The maximum absolute atomic E-state index is 13.1. The van der Waals surface area contributed by atoms with E-state index in [1.807, 2.05) is 16.7 Å². The standard InChI is InChI=1S/C20H33N5O2/c1-4-12-24-16-14(15-21-11-5-6-13-25(15)18(24)26)22-17(23-16)19(2)7-9-20(3,27)10-8-19/h15,21,27H,4-13H2,1-3H3,(H,22,23). The number of nitrogens with zero attached hydrogens (tertiary/aromatic N) is 3. The molecule has 2 aliphatic heterocycles. The highest BCUT2D eigenvalue weighted by atomic mass is 16.3. The largest absolute Gasteiger partial charge is 0.390 e. The Morgan fingerprint density at radius 1 is 1.22 bits per heavy atom. The van der Waals surface area contributed by atoms with Crippen molar-refractivity contribution in [3.8, 4) is 0 Å². The number of aromatic amines is 1. The fourth-order valence-electron chi connectivity index (χ4n) is 4.66. The maximum Gasteiger partial charge on any atom is 0.327 e. The minimum Gasteiger partial charge on any atom is -0.390 e. The summed E-state index contributed by atoms with van der Waals surface area (Å²) in [5, 5.41) is 13.9. The summed E-state index contributed by atoms with van der Waals surface area (Å²) in [6.45, 7) is 8.63. The quantitative estimate of drug-likeness (QED) is 0.758. The highest BCUT2D eigenvalue weighted by Crippen LogP contribution is 2.44. The first kappa shape index (κ1) is 18.7. The molecule has 3 heterocycles. The molecule has 3 aliphatic rings. The highest BCUT2D eigenvalue weighted by Gasteiger charge is 2.44. The van der Waals surface area contributed by atoms with E-state index in [2.05, 4.69) is 24.1 Å². The number of anilines is 1. The summed E-state index contributed by atoms with van der Waals surface area (Å²) in [5.74, 6) is 1.76. The number of hydrogen-bond acceptors (Lipinski definition) is 4. The minimum atomic E-state index is -0.574. The first-order valence-electron chi connectivity index (χ1n) is 10.5. The van der Waals surface area contributed by atoms with Crippen molar-refractivity contribution in [3.63, 3.8) is 0 Å². The van der Waals surface area contributed by atoms with E-state index in [0.717, 1.165) is 75.4 Å². The number of carbonyl (C=O) groups is 1. The van der Waals surface area contributed by atoms with E-state index in [0.29, 0.717) is 6.54 Å². The number of hydrogen-bond donors (Lipinski definition) is 3. The Labute approximate surface area is 161 Å². The van der Waals surface area contributed by atoms with Gasteiger partial charge in [0.1, 0.15) is 12.0 Å². The predicted octanol–water partition coefficient (Wildman–Crippen LogP) is 3.03. The molecule has 1 atom stereocenters. The van der Waals surface area contributed by atoms with Crippen LogP contribution in [0.2, 0.25) is 0 Å². The van der Waals surface area contributed by atoms with Gasteiger partial charge in [0.15, 0.2) is 5.82 Å². The molecule has 1 aromatic heterocycles. The number of imidazole rings is 1. The maximum atomic E-state index is 13.1. The Balaban J connectivity index is 1.72. The first-order valence-corrected chi connectivity index (χ1v) is 10.5. The van der Waals surface area contributed by atoms with Crippen molar-refractivity contribution in [2.75, 3.05) is 24.5 Å². The van der Waals surface area contributed by atoms with Crippen molar-refractivity contribution in [3.05, 3.63) is 11.5 Å². The summed E-state index contributed by atoms with van der Waals surface area (Å²) in [4.78, 5) is 25.5. The van der Waals surface area contributed by atoms with E-state index in [4.69, 9.17) is 4.98 Å². The van der Waals surface area contributed by atoms with Gasteiger partial charge in [-0.3, -0.25) is 10.2 Å². The van der Waals surface area contributed by atoms with Gasteiger partial charge < -0.3 is 15.0 Å². The van der Waals surface area contributed by atoms with Gasteiger partial charge in [-0.25, -0.2) is 9.78 Å². The van der Waals surface area contributed by atoms with Crippen LogP contribution in [0.3, 0.4) is 0 Å². The van der Waals surface area contributed by atoms with E-state index in [1.165, 1.54) is 0 Å². The number of H-pyrrole nitrogens is 1. The van der Waals surface area contributed by atoms with E-state index < -0.39 is 5.60 Å². The van der Waals surface area contributed by atoms with Gasteiger partial charge in [0.2, 0.25) is 0 Å². The molecule has 1 saturated carbocycles.